The van der Waals surface area contributed by atoms with Crippen molar-refractivity contribution in [3.8, 4) is 34.3 Å². The van der Waals surface area contributed by atoms with E-state index in [1.807, 2.05) is 33.8 Å². The number of carboxylic acid groups (broad SMARTS) is 1. The first kappa shape index (κ1) is 32.2. The van der Waals surface area contributed by atoms with E-state index in [4.69, 9.17) is 42.5 Å². The maximum absolute atomic E-state index is 11.7. The van der Waals surface area contributed by atoms with Gasteiger partial charge in [-0.1, -0.05) is 23.2 Å². The summed E-state index contributed by atoms with van der Waals surface area (Å²) in [7, 11) is 0. The van der Waals surface area contributed by atoms with Crippen LogP contribution in [-0.2, 0) is 4.74 Å². The topological polar surface area (TPSA) is 134 Å². The zero-order chi connectivity index (χ0) is 30.8. The second kappa shape index (κ2) is 15.1. The number of esters is 1. The minimum atomic E-state index is -1.10. The van der Waals surface area contributed by atoms with Gasteiger partial charge >= 0.3 is 11.9 Å². The number of carbonyl (C=O) groups excluding carboxylic acids is 1. The van der Waals surface area contributed by atoms with Gasteiger partial charge in [0.25, 0.3) is 0 Å². The standard InChI is InChI=1S/C16H17ClN2O3.C14H13ClN2O3/c1-4-21-16(20)12-6-7-13(19-15(12)17)11-5-8-14(18-9-11)22-10(2)3;1-8(2)20-12-6-3-9(7-16-12)11-5-4-10(14(18)19)13(15)17-11/h5-10H,4H2,1-3H3;3-8H,1-2H3,(H,18,19). The predicted molar refractivity (Wildman–Crippen MR) is 159 cm³/mol. The minimum Gasteiger partial charge on any atom is -0.478 e. The number of rotatable bonds is 9. The first-order chi connectivity index (χ1) is 20.0. The van der Waals surface area contributed by atoms with Gasteiger partial charge in [-0.05, 0) is 71.0 Å². The van der Waals surface area contributed by atoms with E-state index in [-0.39, 0.29) is 40.2 Å². The van der Waals surface area contributed by atoms with Crippen molar-refractivity contribution in [1.82, 2.24) is 19.9 Å². The van der Waals surface area contributed by atoms with E-state index in [9.17, 15) is 9.59 Å². The van der Waals surface area contributed by atoms with Gasteiger partial charge in [0.2, 0.25) is 11.8 Å². The van der Waals surface area contributed by atoms with Crippen molar-refractivity contribution >= 4 is 35.1 Å². The molecule has 0 amide bonds. The Kier molecular flexibility index (Phi) is 11.6. The molecule has 0 aliphatic rings. The molecule has 1 N–H and O–H groups in total. The summed E-state index contributed by atoms with van der Waals surface area (Å²) in [6.45, 7) is 9.73. The summed E-state index contributed by atoms with van der Waals surface area (Å²) in [5.41, 5.74) is 2.93. The third-order valence-electron chi connectivity index (χ3n) is 5.20. The lowest BCUT2D eigenvalue weighted by Gasteiger charge is -2.09. The first-order valence-corrected chi connectivity index (χ1v) is 13.7. The smallest absolute Gasteiger partial charge is 0.341 e. The van der Waals surface area contributed by atoms with Crippen molar-refractivity contribution in [2.75, 3.05) is 6.61 Å². The fraction of sp³-hybridized carbons (Fsp3) is 0.267. The monoisotopic (exact) mass is 612 g/mol. The average molecular weight is 613 g/mol. The van der Waals surface area contributed by atoms with Crippen LogP contribution in [0.5, 0.6) is 11.8 Å². The van der Waals surface area contributed by atoms with Crippen LogP contribution in [0.3, 0.4) is 0 Å². The molecule has 0 saturated heterocycles. The Morgan fingerprint density at radius 2 is 1.19 bits per heavy atom. The van der Waals surface area contributed by atoms with Crippen molar-refractivity contribution in [3.05, 3.63) is 82.4 Å². The number of aromatic nitrogens is 4. The van der Waals surface area contributed by atoms with Gasteiger partial charge in [-0.2, -0.15) is 0 Å². The van der Waals surface area contributed by atoms with Gasteiger partial charge < -0.3 is 19.3 Å². The third kappa shape index (κ3) is 9.12. The summed E-state index contributed by atoms with van der Waals surface area (Å²) >= 11 is 11.9. The fourth-order valence-electron chi connectivity index (χ4n) is 3.40. The zero-order valence-corrected chi connectivity index (χ0v) is 25.2. The summed E-state index contributed by atoms with van der Waals surface area (Å²) in [5, 5.41) is 8.96. The molecule has 10 nitrogen and oxygen atoms in total. The van der Waals surface area contributed by atoms with Crippen LogP contribution < -0.4 is 9.47 Å². The third-order valence-corrected chi connectivity index (χ3v) is 5.78. The molecule has 12 heteroatoms. The lowest BCUT2D eigenvalue weighted by Crippen LogP contribution is -2.07. The van der Waals surface area contributed by atoms with Gasteiger partial charge in [0.15, 0.2) is 0 Å². The maximum atomic E-state index is 11.7. The van der Waals surface area contributed by atoms with E-state index < -0.39 is 11.9 Å². The number of carbonyl (C=O) groups is 2. The molecule has 42 heavy (non-hydrogen) atoms. The highest BCUT2D eigenvalue weighted by molar-refractivity contribution is 6.32. The second-order valence-corrected chi connectivity index (χ2v) is 9.91. The molecule has 0 atom stereocenters. The van der Waals surface area contributed by atoms with Gasteiger partial charge in [-0.3, -0.25) is 0 Å². The maximum Gasteiger partial charge on any atom is 0.341 e. The molecule has 0 aliphatic carbocycles. The number of aromatic carboxylic acids is 1. The van der Waals surface area contributed by atoms with E-state index in [2.05, 4.69) is 19.9 Å². The molecule has 0 aromatic carbocycles. The molecular formula is C30H30Cl2N4O6. The van der Waals surface area contributed by atoms with Gasteiger partial charge in [0.1, 0.15) is 10.3 Å². The molecule has 220 valence electrons. The van der Waals surface area contributed by atoms with Crippen LogP contribution in [0.15, 0.2) is 60.9 Å². The van der Waals surface area contributed by atoms with Crippen LogP contribution in [-0.4, -0.2) is 55.8 Å². The van der Waals surface area contributed by atoms with E-state index in [0.717, 1.165) is 11.1 Å². The van der Waals surface area contributed by atoms with Crippen molar-refractivity contribution in [2.24, 2.45) is 0 Å². The van der Waals surface area contributed by atoms with E-state index in [0.29, 0.717) is 23.1 Å². The minimum absolute atomic E-state index is 0.0249. The Hall–Kier alpha value is -4.28. The van der Waals surface area contributed by atoms with Crippen LogP contribution in [0.25, 0.3) is 22.5 Å². The fourth-order valence-corrected chi connectivity index (χ4v) is 3.86. The lowest BCUT2D eigenvalue weighted by molar-refractivity contribution is 0.0525. The molecule has 0 bridgehead atoms. The molecule has 0 spiro atoms. The second-order valence-electron chi connectivity index (χ2n) is 9.20. The molecule has 4 rings (SSSR count). The summed E-state index contributed by atoms with van der Waals surface area (Å²) in [6.07, 6.45) is 3.38. The quantitative estimate of drug-likeness (QED) is 0.155. The van der Waals surface area contributed by atoms with Crippen LogP contribution >= 0.6 is 23.2 Å². The number of hydrogen-bond donors (Lipinski definition) is 1. The number of hydrogen-bond acceptors (Lipinski definition) is 9. The molecule has 0 fully saturated rings. The Labute approximate surface area is 253 Å². The Morgan fingerprint density at radius 1 is 0.738 bits per heavy atom. The molecule has 0 saturated carbocycles. The van der Waals surface area contributed by atoms with E-state index >= 15 is 0 Å². The summed E-state index contributed by atoms with van der Waals surface area (Å²) in [4.78, 5) is 39.2. The molecule has 0 radical (unpaired) electrons. The van der Waals surface area contributed by atoms with Gasteiger partial charge in [0, 0.05) is 35.7 Å². The molecule has 4 aromatic rings. The summed E-state index contributed by atoms with van der Waals surface area (Å²) < 4.78 is 15.8. The Bertz CT molecular complexity index is 1510. The largest absolute Gasteiger partial charge is 0.478 e. The number of pyridine rings is 4. The zero-order valence-electron chi connectivity index (χ0n) is 23.7. The first-order valence-electron chi connectivity index (χ1n) is 13.0. The van der Waals surface area contributed by atoms with Crippen LogP contribution in [0.2, 0.25) is 10.3 Å². The number of ether oxygens (including phenoxy) is 3. The molecule has 0 aliphatic heterocycles. The van der Waals surface area contributed by atoms with E-state index in [1.165, 1.54) is 6.07 Å². The van der Waals surface area contributed by atoms with Gasteiger partial charge in [0.05, 0.1) is 41.3 Å². The summed E-state index contributed by atoms with van der Waals surface area (Å²) in [6, 6.07) is 13.5. The summed E-state index contributed by atoms with van der Waals surface area (Å²) in [5.74, 6) is -0.511. The highest BCUT2D eigenvalue weighted by Crippen LogP contribution is 2.24. The Balaban J connectivity index is 0.000000231. The van der Waals surface area contributed by atoms with Gasteiger partial charge in [-0.25, -0.2) is 29.5 Å². The van der Waals surface area contributed by atoms with Crippen molar-refractivity contribution in [1.29, 1.82) is 0 Å². The predicted octanol–water partition coefficient (Wildman–Crippen LogP) is 7.04. The van der Waals surface area contributed by atoms with Crippen LogP contribution in [0.1, 0.15) is 55.3 Å². The number of halogens is 2. The Morgan fingerprint density at radius 3 is 1.52 bits per heavy atom. The number of carboxylic acids is 1. The molecule has 0 unspecified atom stereocenters. The highest BCUT2D eigenvalue weighted by atomic mass is 35.5. The van der Waals surface area contributed by atoms with Crippen molar-refractivity contribution < 1.29 is 28.9 Å². The van der Waals surface area contributed by atoms with Crippen molar-refractivity contribution in [2.45, 2.75) is 46.8 Å². The number of nitrogens with zero attached hydrogens (tertiary/aromatic N) is 4. The van der Waals surface area contributed by atoms with Gasteiger partial charge in [-0.15, -0.1) is 0 Å². The normalized spacial score (nSPS) is 10.6. The SMILES string of the molecule is CC(C)Oc1ccc(-c2ccc(C(=O)O)c(Cl)n2)cn1.CCOC(=O)c1ccc(-c2ccc(OC(C)C)nc2)nc1Cl. The molecular weight excluding hydrogens is 583 g/mol. The van der Waals surface area contributed by atoms with E-state index in [1.54, 1.807) is 55.7 Å². The van der Waals surface area contributed by atoms with Crippen LogP contribution in [0, 0.1) is 0 Å². The average Bonchev–Trinajstić information content (AvgIpc) is 2.93. The molecule has 4 aromatic heterocycles. The van der Waals surface area contributed by atoms with Crippen molar-refractivity contribution in [3.63, 3.8) is 0 Å². The van der Waals surface area contributed by atoms with Crippen LogP contribution in [0.4, 0.5) is 0 Å². The molecule has 4 heterocycles. The lowest BCUT2D eigenvalue weighted by atomic mass is 10.1. The highest BCUT2D eigenvalue weighted by Gasteiger charge is 2.14.